The Kier molecular flexibility index (Phi) is 5.35. The van der Waals surface area contributed by atoms with Gasteiger partial charge in [0.05, 0.1) is 6.54 Å². The summed E-state index contributed by atoms with van der Waals surface area (Å²) in [4.78, 5) is 21.9. The summed E-state index contributed by atoms with van der Waals surface area (Å²) in [6.07, 6.45) is 1.75. The zero-order valence-corrected chi connectivity index (χ0v) is 11.2. The molecule has 0 fully saturated rings. The van der Waals surface area contributed by atoms with Crippen LogP contribution in [0.15, 0.2) is 6.07 Å². The van der Waals surface area contributed by atoms with E-state index >= 15 is 0 Å². The van der Waals surface area contributed by atoms with Gasteiger partial charge in [0, 0.05) is 26.1 Å². The van der Waals surface area contributed by atoms with E-state index in [-0.39, 0.29) is 12.5 Å². The van der Waals surface area contributed by atoms with Crippen molar-refractivity contribution >= 4 is 17.5 Å². The summed E-state index contributed by atoms with van der Waals surface area (Å²) in [6, 6.07) is 1.70. The molecule has 0 unspecified atom stereocenters. The number of nitrogens with one attached hydrogen (secondary N) is 1. The van der Waals surface area contributed by atoms with Gasteiger partial charge in [0.25, 0.3) is 0 Å². The van der Waals surface area contributed by atoms with E-state index in [9.17, 15) is 4.79 Å². The molecule has 0 saturated heterocycles. The van der Waals surface area contributed by atoms with E-state index in [4.69, 9.17) is 5.73 Å². The summed E-state index contributed by atoms with van der Waals surface area (Å²) in [5.74, 6) is 1.82. The average molecular weight is 251 g/mol. The van der Waals surface area contributed by atoms with Crippen molar-refractivity contribution in [1.29, 1.82) is 0 Å². The van der Waals surface area contributed by atoms with Crippen LogP contribution in [-0.4, -0.2) is 36.0 Å². The first kappa shape index (κ1) is 14.2. The van der Waals surface area contributed by atoms with Gasteiger partial charge >= 0.3 is 0 Å². The number of amides is 1. The van der Waals surface area contributed by atoms with Crippen LogP contribution in [0.1, 0.15) is 26.1 Å². The minimum absolute atomic E-state index is 0.0499. The number of rotatable bonds is 6. The second kappa shape index (κ2) is 6.78. The topological polar surface area (TPSA) is 84.1 Å². The maximum atomic E-state index is 11.4. The lowest BCUT2D eigenvalue weighted by molar-refractivity contribution is -0.119. The molecular formula is C12H21N5O. The van der Waals surface area contributed by atoms with Gasteiger partial charge in [-0.2, -0.15) is 0 Å². The molecule has 0 aliphatic carbocycles. The lowest BCUT2D eigenvalue weighted by atomic mass is 10.3. The number of aromatic nitrogens is 2. The predicted molar refractivity (Wildman–Crippen MR) is 72.4 cm³/mol. The van der Waals surface area contributed by atoms with Crippen LogP contribution in [0.5, 0.6) is 0 Å². The van der Waals surface area contributed by atoms with Gasteiger partial charge in [-0.1, -0.05) is 6.92 Å². The number of nitrogens with two attached hydrogens (primary N) is 1. The summed E-state index contributed by atoms with van der Waals surface area (Å²) < 4.78 is 0. The Morgan fingerprint density at radius 1 is 1.44 bits per heavy atom. The largest absolute Gasteiger partial charge is 0.384 e. The van der Waals surface area contributed by atoms with Crippen molar-refractivity contribution in [3.8, 4) is 0 Å². The average Bonchev–Trinajstić information content (AvgIpc) is 2.35. The number of carbonyl (C=O) groups is 1. The van der Waals surface area contributed by atoms with Crippen molar-refractivity contribution < 1.29 is 4.79 Å². The molecule has 6 nitrogen and oxygen atoms in total. The molecule has 6 heteroatoms. The minimum Gasteiger partial charge on any atom is -0.384 e. The van der Waals surface area contributed by atoms with E-state index in [1.807, 2.05) is 11.8 Å². The summed E-state index contributed by atoms with van der Waals surface area (Å²) in [5, 5.41) is 2.60. The molecule has 1 rings (SSSR count). The molecule has 0 aliphatic heterocycles. The fourth-order valence-corrected chi connectivity index (χ4v) is 1.61. The lowest BCUT2D eigenvalue weighted by Gasteiger charge is -2.21. The molecule has 0 aromatic carbocycles. The van der Waals surface area contributed by atoms with Crippen molar-refractivity contribution in [3.63, 3.8) is 0 Å². The third-order valence-corrected chi connectivity index (χ3v) is 2.57. The van der Waals surface area contributed by atoms with E-state index in [0.717, 1.165) is 18.7 Å². The van der Waals surface area contributed by atoms with Gasteiger partial charge in [-0.05, 0) is 13.3 Å². The molecule has 18 heavy (non-hydrogen) atoms. The van der Waals surface area contributed by atoms with Crippen LogP contribution >= 0.6 is 0 Å². The monoisotopic (exact) mass is 251 g/mol. The maximum absolute atomic E-state index is 11.4. The van der Waals surface area contributed by atoms with Crippen LogP contribution in [0.25, 0.3) is 0 Å². The highest BCUT2D eigenvalue weighted by molar-refractivity contribution is 5.80. The Labute approximate surface area is 108 Å². The van der Waals surface area contributed by atoms with Gasteiger partial charge in [-0.3, -0.25) is 4.79 Å². The Balaban J connectivity index is 2.93. The molecule has 3 N–H and O–H groups in total. The highest BCUT2D eigenvalue weighted by atomic mass is 16.1. The van der Waals surface area contributed by atoms with Crippen LogP contribution in [0, 0.1) is 0 Å². The standard InChI is InChI=1S/C12H21N5O/c1-4-6-10-15-9(13)7-11(16-10)17(5-2)8-12(18)14-3/h7H,4-6,8H2,1-3H3,(H,14,18)(H2,13,15,16). The minimum atomic E-state index is -0.0499. The second-order valence-electron chi connectivity index (χ2n) is 4.00. The van der Waals surface area contributed by atoms with E-state index in [2.05, 4.69) is 22.2 Å². The first-order valence-corrected chi connectivity index (χ1v) is 6.19. The van der Waals surface area contributed by atoms with Crippen LogP contribution in [0.3, 0.4) is 0 Å². The van der Waals surface area contributed by atoms with Crippen molar-refractivity contribution in [2.45, 2.75) is 26.7 Å². The number of nitrogens with zero attached hydrogens (tertiary/aromatic N) is 3. The SMILES string of the molecule is CCCc1nc(N)cc(N(CC)CC(=O)NC)n1. The summed E-state index contributed by atoms with van der Waals surface area (Å²) >= 11 is 0. The van der Waals surface area contributed by atoms with Crippen molar-refractivity contribution in [2.24, 2.45) is 0 Å². The van der Waals surface area contributed by atoms with Crippen molar-refractivity contribution in [3.05, 3.63) is 11.9 Å². The Morgan fingerprint density at radius 3 is 2.72 bits per heavy atom. The number of hydrogen-bond donors (Lipinski definition) is 2. The summed E-state index contributed by atoms with van der Waals surface area (Å²) in [5.41, 5.74) is 5.77. The molecule has 0 radical (unpaired) electrons. The molecular weight excluding hydrogens is 230 g/mol. The Bertz CT molecular complexity index is 407. The molecule has 0 spiro atoms. The van der Waals surface area contributed by atoms with E-state index in [1.54, 1.807) is 13.1 Å². The molecule has 1 amide bonds. The molecule has 100 valence electrons. The lowest BCUT2D eigenvalue weighted by Crippen LogP contribution is -2.36. The normalized spacial score (nSPS) is 10.2. The van der Waals surface area contributed by atoms with Crippen LogP contribution in [0.2, 0.25) is 0 Å². The van der Waals surface area contributed by atoms with Crippen molar-refractivity contribution in [2.75, 3.05) is 30.8 Å². The first-order valence-electron chi connectivity index (χ1n) is 6.19. The van der Waals surface area contributed by atoms with Gasteiger partial charge < -0.3 is 16.0 Å². The van der Waals surface area contributed by atoms with Crippen LogP contribution < -0.4 is 16.0 Å². The Hall–Kier alpha value is -1.85. The highest BCUT2D eigenvalue weighted by Crippen LogP contribution is 2.14. The van der Waals surface area contributed by atoms with Gasteiger partial charge in [-0.15, -0.1) is 0 Å². The number of nitrogen functional groups attached to an aromatic ring is 1. The summed E-state index contributed by atoms with van der Waals surface area (Å²) in [6.45, 7) is 5.00. The third kappa shape index (κ3) is 3.87. The van der Waals surface area contributed by atoms with E-state index < -0.39 is 0 Å². The number of hydrogen-bond acceptors (Lipinski definition) is 5. The zero-order valence-electron chi connectivity index (χ0n) is 11.2. The summed E-state index contributed by atoms with van der Waals surface area (Å²) in [7, 11) is 1.62. The van der Waals surface area contributed by atoms with Crippen molar-refractivity contribution in [1.82, 2.24) is 15.3 Å². The molecule has 0 atom stereocenters. The smallest absolute Gasteiger partial charge is 0.239 e. The molecule has 1 aromatic rings. The maximum Gasteiger partial charge on any atom is 0.239 e. The number of likely N-dealkylation sites (N-methyl/N-ethyl adjacent to an activating group) is 2. The number of carbonyl (C=O) groups excluding carboxylic acids is 1. The fraction of sp³-hybridized carbons (Fsp3) is 0.583. The predicted octanol–water partition coefficient (Wildman–Crippen LogP) is 0.584. The number of aryl methyl sites for hydroxylation is 1. The molecule has 0 aliphatic rings. The van der Waals surface area contributed by atoms with Gasteiger partial charge in [0.2, 0.25) is 5.91 Å². The molecule has 1 heterocycles. The van der Waals surface area contributed by atoms with Crippen LogP contribution in [-0.2, 0) is 11.2 Å². The molecule has 1 aromatic heterocycles. The third-order valence-electron chi connectivity index (χ3n) is 2.57. The fourth-order valence-electron chi connectivity index (χ4n) is 1.61. The second-order valence-corrected chi connectivity index (χ2v) is 4.00. The first-order chi connectivity index (χ1) is 8.60. The zero-order chi connectivity index (χ0) is 13.5. The van der Waals surface area contributed by atoms with Crippen LogP contribution in [0.4, 0.5) is 11.6 Å². The highest BCUT2D eigenvalue weighted by Gasteiger charge is 2.12. The number of anilines is 2. The molecule has 0 saturated carbocycles. The Morgan fingerprint density at radius 2 is 2.17 bits per heavy atom. The van der Waals surface area contributed by atoms with Gasteiger partial charge in [0.15, 0.2) is 0 Å². The van der Waals surface area contributed by atoms with E-state index in [1.165, 1.54) is 0 Å². The van der Waals surface area contributed by atoms with Gasteiger partial charge in [0.1, 0.15) is 17.5 Å². The van der Waals surface area contributed by atoms with Gasteiger partial charge in [-0.25, -0.2) is 9.97 Å². The quantitative estimate of drug-likeness (QED) is 0.772. The van der Waals surface area contributed by atoms with E-state index in [0.29, 0.717) is 18.2 Å². The molecule has 0 bridgehead atoms.